The zero-order valence-corrected chi connectivity index (χ0v) is 11.7. The molecule has 1 heterocycles. The minimum atomic E-state index is -0.0631. The molecule has 17 heavy (non-hydrogen) atoms. The van der Waals surface area contributed by atoms with Gasteiger partial charge in [0.1, 0.15) is 0 Å². The molecule has 4 heteroatoms. The maximum atomic E-state index is 5.93. The minimum absolute atomic E-state index is 0.0631. The summed E-state index contributed by atoms with van der Waals surface area (Å²) in [5.41, 5.74) is 5.54. The molecule has 0 radical (unpaired) electrons. The predicted octanol–water partition coefficient (Wildman–Crippen LogP) is 1.24. The molecule has 0 aromatic heterocycles. The van der Waals surface area contributed by atoms with Gasteiger partial charge in [-0.2, -0.15) is 0 Å². The number of hydrogen-bond acceptors (Lipinski definition) is 4. The highest BCUT2D eigenvalue weighted by atomic mass is 16.5. The van der Waals surface area contributed by atoms with Crippen LogP contribution in [0.3, 0.4) is 0 Å². The summed E-state index contributed by atoms with van der Waals surface area (Å²) in [5.74, 6) is 0. The average molecular weight is 244 g/mol. The molecule has 1 fully saturated rings. The van der Waals surface area contributed by atoms with Crippen LogP contribution in [0, 0.1) is 0 Å². The van der Waals surface area contributed by atoms with Crippen LogP contribution in [-0.2, 0) is 9.47 Å². The third kappa shape index (κ3) is 4.92. The summed E-state index contributed by atoms with van der Waals surface area (Å²) in [7, 11) is 1.77. The van der Waals surface area contributed by atoms with Gasteiger partial charge in [0.2, 0.25) is 0 Å². The largest absolute Gasteiger partial charge is 0.383 e. The number of rotatable bonds is 6. The molecule has 0 aliphatic carbocycles. The molecule has 0 bridgehead atoms. The van der Waals surface area contributed by atoms with Crippen LogP contribution in [0.5, 0.6) is 0 Å². The summed E-state index contributed by atoms with van der Waals surface area (Å²) >= 11 is 0. The van der Waals surface area contributed by atoms with Crippen molar-refractivity contribution in [1.82, 2.24) is 4.90 Å². The summed E-state index contributed by atoms with van der Waals surface area (Å²) in [6, 6.07) is 0.467. The van der Waals surface area contributed by atoms with Gasteiger partial charge in [0.25, 0.3) is 0 Å². The van der Waals surface area contributed by atoms with Crippen LogP contribution in [0.4, 0.5) is 0 Å². The van der Waals surface area contributed by atoms with Gasteiger partial charge in [0.15, 0.2) is 0 Å². The smallest absolute Gasteiger partial charge is 0.0757 e. The molecule has 2 atom stereocenters. The second kappa shape index (κ2) is 6.69. The van der Waals surface area contributed by atoms with Gasteiger partial charge in [-0.15, -0.1) is 0 Å². The van der Waals surface area contributed by atoms with Crippen molar-refractivity contribution in [1.29, 1.82) is 0 Å². The van der Waals surface area contributed by atoms with E-state index >= 15 is 0 Å². The SMILES string of the molecule is COCC(CCCN)N1CC(C)OC(C)(C)C1. The second-order valence-electron chi connectivity index (χ2n) is 5.66. The third-order valence-electron chi connectivity index (χ3n) is 3.21. The van der Waals surface area contributed by atoms with Crippen LogP contribution in [0.1, 0.15) is 33.6 Å². The van der Waals surface area contributed by atoms with Gasteiger partial charge in [-0.1, -0.05) is 0 Å². The van der Waals surface area contributed by atoms with E-state index in [2.05, 4.69) is 25.7 Å². The van der Waals surface area contributed by atoms with E-state index in [9.17, 15) is 0 Å². The molecule has 4 nitrogen and oxygen atoms in total. The van der Waals surface area contributed by atoms with Crippen molar-refractivity contribution >= 4 is 0 Å². The Hall–Kier alpha value is -0.160. The molecule has 1 aliphatic rings. The van der Waals surface area contributed by atoms with Crippen LogP contribution < -0.4 is 5.73 Å². The van der Waals surface area contributed by atoms with Crippen molar-refractivity contribution in [2.24, 2.45) is 5.73 Å². The topological polar surface area (TPSA) is 47.7 Å². The van der Waals surface area contributed by atoms with Gasteiger partial charge >= 0.3 is 0 Å². The fourth-order valence-electron chi connectivity index (χ4n) is 2.70. The maximum Gasteiger partial charge on any atom is 0.0757 e. The molecule has 1 aliphatic heterocycles. The molecular formula is C13H28N2O2. The Bertz CT molecular complexity index is 221. The first-order valence-corrected chi connectivity index (χ1v) is 6.59. The third-order valence-corrected chi connectivity index (χ3v) is 3.21. The fraction of sp³-hybridized carbons (Fsp3) is 1.00. The zero-order valence-electron chi connectivity index (χ0n) is 11.7. The molecule has 2 unspecified atom stereocenters. The number of morpholine rings is 1. The van der Waals surface area contributed by atoms with Crippen LogP contribution in [0.15, 0.2) is 0 Å². The van der Waals surface area contributed by atoms with Crippen LogP contribution >= 0.6 is 0 Å². The molecule has 0 saturated carbocycles. The lowest BCUT2D eigenvalue weighted by Gasteiger charge is -2.45. The molecule has 0 aromatic carbocycles. The molecule has 102 valence electrons. The zero-order chi connectivity index (χ0) is 12.9. The van der Waals surface area contributed by atoms with Gasteiger partial charge < -0.3 is 15.2 Å². The van der Waals surface area contributed by atoms with Crippen LogP contribution in [0.2, 0.25) is 0 Å². The summed E-state index contributed by atoms with van der Waals surface area (Å²) in [5, 5.41) is 0. The Morgan fingerprint density at radius 3 is 2.76 bits per heavy atom. The summed E-state index contributed by atoms with van der Waals surface area (Å²) in [4.78, 5) is 2.49. The molecule has 0 spiro atoms. The normalized spacial score (nSPS) is 27.0. The van der Waals surface area contributed by atoms with Crippen molar-refractivity contribution in [3.05, 3.63) is 0 Å². The number of ether oxygens (including phenoxy) is 2. The molecule has 2 N–H and O–H groups in total. The van der Waals surface area contributed by atoms with Gasteiger partial charge in [-0.3, -0.25) is 4.90 Å². The fourth-order valence-corrected chi connectivity index (χ4v) is 2.70. The molecule has 1 saturated heterocycles. The number of nitrogens with zero attached hydrogens (tertiary/aromatic N) is 1. The van der Waals surface area contributed by atoms with Crippen molar-refractivity contribution in [3.63, 3.8) is 0 Å². The molecule has 1 rings (SSSR count). The lowest BCUT2D eigenvalue weighted by molar-refractivity contribution is -0.142. The van der Waals surface area contributed by atoms with Gasteiger partial charge in [-0.25, -0.2) is 0 Å². The first kappa shape index (κ1) is 14.9. The first-order chi connectivity index (χ1) is 7.98. The van der Waals surface area contributed by atoms with E-state index in [-0.39, 0.29) is 11.7 Å². The summed E-state index contributed by atoms with van der Waals surface area (Å²) < 4.78 is 11.3. The second-order valence-corrected chi connectivity index (χ2v) is 5.66. The average Bonchev–Trinajstić information content (AvgIpc) is 2.21. The monoisotopic (exact) mass is 244 g/mol. The highest BCUT2D eigenvalue weighted by Gasteiger charge is 2.34. The Morgan fingerprint density at radius 2 is 2.24 bits per heavy atom. The van der Waals surface area contributed by atoms with Crippen molar-refractivity contribution < 1.29 is 9.47 Å². The van der Waals surface area contributed by atoms with E-state index in [4.69, 9.17) is 15.2 Å². The van der Waals surface area contributed by atoms with Gasteiger partial charge in [0.05, 0.1) is 18.3 Å². The van der Waals surface area contributed by atoms with Gasteiger partial charge in [-0.05, 0) is 40.2 Å². The van der Waals surface area contributed by atoms with E-state index in [0.717, 1.165) is 39.1 Å². The minimum Gasteiger partial charge on any atom is -0.383 e. The van der Waals surface area contributed by atoms with E-state index in [0.29, 0.717) is 6.04 Å². The standard InChI is InChI=1S/C13H28N2O2/c1-11-8-15(10-13(2,3)17-11)12(9-16-4)6-5-7-14/h11-12H,5-10,14H2,1-4H3. The lowest BCUT2D eigenvalue weighted by atomic mass is 10.0. The Morgan fingerprint density at radius 1 is 1.53 bits per heavy atom. The van der Waals surface area contributed by atoms with E-state index in [1.54, 1.807) is 7.11 Å². The van der Waals surface area contributed by atoms with Gasteiger partial charge in [0, 0.05) is 26.2 Å². The van der Waals surface area contributed by atoms with Crippen molar-refractivity contribution in [2.75, 3.05) is 33.4 Å². The predicted molar refractivity (Wildman–Crippen MR) is 70.2 cm³/mol. The quantitative estimate of drug-likeness (QED) is 0.763. The van der Waals surface area contributed by atoms with Crippen LogP contribution in [-0.4, -0.2) is 56.0 Å². The van der Waals surface area contributed by atoms with E-state index in [1.165, 1.54) is 0 Å². The van der Waals surface area contributed by atoms with E-state index in [1.807, 2.05) is 0 Å². The van der Waals surface area contributed by atoms with Crippen LogP contribution in [0.25, 0.3) is 0 Å². The lowest BCUT2D eigenvalue weighted by Crippen LogP contribution is -2.56. The molecular weight excluding hydrogens is 216 g/mol. The Labute approximate surface area is 105 Å². The summed E-state index contributed by atoms with van der Waals surface area (Å²) in [6.07, 6.45) is 2.45. The highest BCUT2D eigenvalue weighted by Crippen LogP contribution is 2.23. The molecule has 0 amide bonds. The van der Waals surface area contributed by atoms with E-state index < -0.39 is 0 Å². The Balaban J connectivity index is 2.58. The highest BCUT2D eigenvalue weighted by molar-refractivity contribution is 4.86. The number of methoxy groups -OCH3 is 1. The first-order valence-electron chi connectivity index (χ1n) is 6.59. The Kier molecular flexibility index (Phi) is 5.86. The number of hydrogen-bond donors (Lipinski definition) is 1. The van der Waals surface area contributed by atoms with Crippen molar-refractivity contribution in [2.45, 2.75) is 51.4 Å². The van der Waals surface area contributed by atoms with Crippen molar-refractivity contribution in [3.8, 4) is 0 Å². The molecule has 0 aromatic rings. The maximum absolute atomic E-state index is 5.93. The number of nitrogens with two attached hydrogens (primary N) is 1. The summed E-state index contributed by atoms with van der Waals surface area (Å²) in [6.45, 7) is 9.94.